The van der Waals surface area contributed by atoms with Crippen molar-refractivity contribution in [3.63, 3.8) is 0 Å². The van der Waals surface area contributed by atoms with Crippen LogP contribution in [0.5, 0.6) is 0 Å². The van der Waals surface area contributed by atoms with Gasteiger partial charge in [-0.25, -0.2) is 79.0 Å². The second kappa shape index (κ2) is 48.7. The van der Waals surface area contributed by atoms with Gasteiger partial charge in [-0.15, -0.1) is 0 Å². The zero-order valence-electron chi connectivity index (χ0n) is 83.3. The number of benzene rings is 4. The quantitative estimate of drug-likeness (QED) is 0.0308. The molecule has 4 aromatic carbocycles. The van der Waals surface area contributed by atoms with Gasteiger partial charge in [-0.1, -0.05) is 123 Å². The minimum absolute atomic E-state index is 0.158. The van der Waals surface area contributed by atoms with Gasteiger partial charge in [0, 0.05) is 102 Å². The molecule has 4 fully saturated rings. The van der Waals surface area contributed by atoms with Crippen LogP contribution in [0.3, 0.4) is 0 Å². The first-order chi connectivity index (χ1) is 67.0. The van der Waals surface area contributed by atoms with E-state index in [4.69, 9.17) is 70.5 Å². The van der Waals surface area contributed by atoms with Gasteiger partial charge in [-0.2, -0.15) is 0 Å². The Morgan fingerprint density at radius 1 is 0.345 bits per heavy atom. The van der Waals surface area contributed by atoms with Crippen LogP contribution in [-0.4, -0.2) is 184 Å². The van der Waals surface area contributed by atoms with Crippen LogP contribution in [0.4, 0.5) is 100 Å². The monoisotopic (exact) mass is 2110 g/mol. The van der Waals surface area contributed by atoms with Crippen molar-refractivity contribution < 1.29 is 117 Å². The van der Waals surface area contributed by atoms with Crippen LogP contribution in [0.25, 0.3) is 0 Å². The number of carboxylic acids is 1. The zero-order chi connectivity index (χ0) is 108. The molecule has 0 saturated carbocycles. The summed E-state index contributed by atoms with van der Waals surface area (Å²) in [5.41, 5.74) is 2.30. The Labute approximate surface area is 853 Å². The Bertz CT molecular complexity index is 5660. The lowest BCUT2D eigenvalue weighted by Crippen LogP contribution is -2.52. The number of halogens is 12. The van der Waals surface area contributed by atoms with Crippen LogP contribution in [0, 0.1) is 51.4 Å². The fraction of sp³-hybridized carbons (Fsp3) is 0.440. The van der Waals surface area contributed by atoms with Gasteiger partial charge in [-0.3, -0.25) is 54.8 Å². The normalized spacial score (nSPS) is 19.2. The molecule has 0 aliphatic carbocycles. The highest BCUT2D eigenvalue weighted by molar-refractivity contribution is 6.41. The summed E-state index contributed by atoms with van der Waals surface area (Å²) in [5.74, 6) is -23.3. The van der Waals surface area contributed by atoms with E-state index < -0.39 is 179 Å². The number of aliphatic carboxylic acids is 1. The molecule has 145 heavy (non-hydrogen) atoms. The molecule has 0 unspecified atom stereocenters. The van der Waals surface area contributed by atoms with Gasteiger partial charge in [0.25, 0.3) is 23.7 Å². The maximum absolute atomic E-state index is 14.6. The number of alkyl halides is 8. The number of aryl methyl sites for hydroxylation is 4. The Morgan fingerprint density at radius 2 is 0.572 bits per heavy atom. The highest BCUT2D eigenvalue weighted by Gasteiger charge is 2.53. The number of carbonyl (C=O) groups excluding carboxylic acids is 11. The molecule has 4 aliphatic rings. The number of pyridine rings is 4. The average molecular weight is 2110 g/mol. The second-order valence-electron chi connectivity index (χ2n) is 39.3. The maximum atomic E-state index is 14.6. The molecule has 0 bridgehead atoms. The standard InChI is InChI=1S/3C25H29ClF2N4O4.C13H17N3O5.C12H14ClF2N/c3*1-14-9-18(12-29-20(14)31-23(35)36-24(3,4)5)30-21(33)22(34)32-13-15(2)25(27,28)11-19(32)16-7-6-8-17(26)10-16;1-7-5-8(15-10(17)11(18)19)6-14-9(7)16-12(20)21-13(2,3)4;1-8-7-16-11(6-12(8,14)15)9-3-2-4-10(13)5-9/h3*6-10,12,15,19H,11,13H2,1-5H3,(H,30,33)(H,29,31,35);5-6H,1-4H3,(H,15,17)(H,18,19)(H,14,16,20);2-5,8,11,16H,6-7H2,1H3/t3*15-,19-;;8-,11-/m100.0/s1. The number of carbonyl (C=O) groups is 12. The molecule has 784 valence electrons. The molecular formula is C100H118Cl4F8N16O17. The van der Waals surface area contributed by atoms with E-state index in [2.05, 4.69) is 67.8 Å². The predicted molar refractivity (Wildman–Crippen MR) is 532 cm³/mol. The Kier molecular flexibility index (Phi) is 39.4. The van der Waals surface area contributed by atoms with Crippen molar-refractivity contribution >= 4 is 164 Å². The molecular weight excluding hydrogens is 1990 g/mol. The molecule has 4 aliphatic heterocycles. The number of hydrogen-bond donors (Lipinski definition) is 10. The summed E-state index contributed by atoms with van der Waals surface area (Å²) in [6.07, 6.45) is 0.298. The van der Waals surface area contributed by atoms with Gasteiger partial charge in [0.1, 0.15) is 45.7 Å². The first-order valence-corrected chi connectivity index (χ1v) is 47.1. The van der Waals surface area contributed by atoms with Crippen LogP contribution >= 0.6 is 46.4 Å². The third kappa shape index (κ3) is 35.4. The molecule has 8 aromatic rings. The van der Waals surface area contributed by atoms with Crippen molar-refractivity contribution in [1.29, 1.82) is 0 Å². The lowest BCUT2D eigenvalue weighted by molar-refractivity contribution is -0.159. The highest BCUT2D eigenvalue weighted by atomic mass is 35.5. The summed E-state index contributed by atoms with van der Waals surface area (Å²) in [7, 11) is 0. The second-order valence-corrected chi connectivity index (χ2v) is 41.0. The zero-order valence-corrected chi connectivity index (χ0v) is 86.3. The summed E-state index contributed by atoms with van der Waals surface area (Å²) < 4.78 is 135. The molecule has 0 radical (unpaired) electrons. The molecule has 33 nitrogen and oxygen atoms in total. The number of piperidine rings is 4. The topological polar surface area (TPSA) is 432 Å². The molecule has 0 spiro atoms. The molecule has 8 atom stereocenters. The summed E-state index contributed by atoms with van der Waals surface area (Å²) in [6.45, 7) is 32.4. The number of rotatable bonds is 12. The Hall–Kier alpha value is -13.1. The summed E-state index contributed by atoms with van der Waals surface area (Å²) in [6, 6.07) is 28.8. The minimum Gasteiger partial charge on any atom is -0.474 e. The van der Waals surface area contributed by atoms with E-state index in [-0.39, 0.29) is 78.1 Å². The number of hydrogen-bond acceptors (Lipinski definition) is 21. The molecule has 10 N–H and O–H groups in total. The first-order valence-electron chi connectivity index (χ1n) is 45.6. The summed E-state index contributed by atoms with van der Waals surface area (Å²) in [4.78, 5) is 167. The van der Waals surface area contributed by atoms with E-state index in [1.54, 1.807) is 190 Å². The van der Waals surface area contributed by atoms with E-state index in [0.717, 1.165) is 20.3 Å². The predicted octanol–water partition coefficient (Wildman–Crippen LogP) is 22.1. The van der Waals surface area contributed by atoms with Gasteiger partial charge in [0.2, 0.25) is 0 Å². The Morgan fingerprint density at radius 3 is 0.793 bits per heavy atom. The number of nitrogens with zero attached hydrogens (tertiary/aromatic N) is 7. The molecule has 11 amide bonds. The SMILES string of the molecule is C[C@H]1CN[C@H](c2cccc(Cl)c2)CC1(F)F.Cc1cc(NC(=O)C(=O)N2C[C@@H](C)C(F)(F)C[C@@H]2c2cccc(Cl)c2)cnc1NC(=O)OC(C)(C)C.Cc1cc(NC(=O)C(=O)N2C[C@H](C)C(F)(F)C[C@H]2c2cccc(Cl)c2)cnc1NC(=O)OC(C)(C)C.Cc1cc(NC(=O)C(=O)N2C[C@H](C)C(F)(F)C[C@H]2c2cccc(Cl)c2)cnc1NC(=O)OC(C)(C)C.Cc1cc(NC(=O)C(=O)O)cnc1NC(=O)OC(C)(C)C. The van der Waals surface area contributed by atoms with Crippen LogP contribution in [0.2, 0.25) is 20.1 Å². The van der Waals surface area contributed by atoms with Crippen molar-refractivity contribution in [1.82, 2.24) is 40.0 Å². The maximum Gasteiger partial charge on any atom is 0.413 e. The van der Waals surface area contributed by atoms with E-state index >= 15 is 0 Å². The largest absolute Gasteiger partial charge is 0.474 e. The fourth-order valence-electron chi connectivity index (χ4n) is 14.9. The van der Waals surface area contributed by atoms with Gasteiger partial charge < -0.3 is 65.3 Å². The lowest BCUT2D eigenvalue weighted by atomic mass is 9.86. The summed E-state index contributed by atoms with van der Waals surface area (Å²) in [5, 5.41) is 32.8. The molecule has 4 aromatic heterocycles. The van der Waals surface area contributed by atoms with Crippen LogP contribution in [0.15, 0.2) is 146 Å². The number of anilines is 8. The number of carboxylic acid groups (broad SMARTS) is 1. The summed E-state index contributed by atoms with van der Waals surface area (Å²) >= 11 is 24.0. The molecule has 45 heteroatoms. The van der Waals surface area contributed by atoms with Crippen molar-refractivity contribution in [3.8, 4) is 0 Å². The van der Waals surface area contributed by atoms with E-state index in [9.17, 15) is 92.7 Å². The van der Waals surface area contributed by atoms with Gasteiger partial charge in [0.15, 0.2) is 0 Å². The Balaban J connectivity index is 0.000000227. The van der Waals surface area contributed by atoms with Crippen molar-refractivity contribution in [2.24, 2.45) is 23.7 Å². The number of aromatic nitrogens is 4. The van der Waals surface area contributed by atoms with E-state index in [0.29, 0.717) is 65.6 Å². The van der Waals surface area contributed by atoms with Gasteiger partial charge in [0.05, 0.1) is 65.7 Å². The molecule has 8 heterocycles. The molecule has 12 rings (SSSR count). The van der Waals surface area contributed by atoms with Gasteiger partial charge >= 0.3 is 71.7 Å². The van der Waals surface area contributed by atoms with Crippen molar-refractivity contribution in [2.75, 3.05) is 68.7 Å². The van der Waals surface area contributed by atoms with Crippen LogP contribution < -0.4 is 47.9 Å². The number of ether oxygens (including phenoxy) is 4. The van der Waals surface area contributed by atoms with Crippen molar-refractivity contribution in [3.05, 3.63) is 211 Å². The van der Waals surface area contributed by atoms with Crippen molar-refractivity contribution in [2.45, 2.75) is 234 Å². The van der Waals surface area contributed by atoms with Crippen LogP contribution in [0.1, 0.15) is 205 Å². The first kappa shape index (κ1) is 117. The number of nitrogens with one attached hydrogen (secondary N) is 9. The third-order valence-electron chi connectivity index (χ3n) is 22.3. The smallest absolute Gasteiger partial charge is 0.413 e. The fourth-order valence-corrected chi connectivity index (χ4v) is 15.7. The van der Waals surface area contributed by atoms with Gasteiger partial charge in [-0.05, 0) is 228 Å². The number of amides is 11. The number of likely N-dealkylation sites (tertiary alicyclic amines) is 3. The van der Waals surface area contributed by atoms with E-state index in [1.165, 1.54) is 88.0 Å². The third-order valence-corrected chi connectivity index (χ3v) is 23.2. The average Bonchev–Trinajstić information content (AvgIpc) is 0.779. The molecule has 4 saturated heterocycles. The highest BCUT2D eigenvalue weighted by Crippen LogP contribution is 2.48. The van der Waals surface area contributed by atoms with E-state index in [1.807, 2.05) is 6.07 Å². The van der Waals surface area contributed by atoms with Crippen LogP contribution in [-0.2, 0) is 57.3 Å². The minimum atomic E-state index is -3.02. The lowest BCUT2D eigenvalue weighted by Gasteiger charge is -2.42.